The van der Waals surface area contributed by atoms with E-state index in [9.17, 15) is 14.0 Å². The van der Waals surface area contributed by atoms with Gasteiger partial charge in [0.1, 0.15) is 5.82 Å². The van der Waals surface area contributed by atoms with Crippen LogP contribution in [-0.4, -0.2) is 18.2 Å². The van der Waals surface area contributed by atoms with Crippen LogP contribution in [-0.2, 0) is 4.79 Å². The molecule has 0 radical (unpaired) electrons. The van der Waals surface area contributed by atoms with Gasteiger partial charge in [-0.3, -0.25) is 9.59 Å². The van der Waals surface area contributed by atoms with Gasteiger partial charge in [0.25, 0.3) is 11.7 Å². The van der Waals surface area contributed by atoms with Crippen LogP contribution in [0.4, 0.5) is 10.1 Å². The van der Waals surface area contributed by atoms with Crippen molar-refractivity contribution in [1.82, 2.24) is 0 Å². The highest BCUT2D eigenvalue weighted by Crippen LogP contribution is 2.33. The topological polar surface area (TPSA) is 37.4 Å². The van der Waals surface area contributed by atoms with Crippen LogP contribution in [0.5, 0.6) is 0 Å². The van der Waals surface area contributed by atoms with Gasteiger partial charge in [-0.15, -0.1) is 0 Å². The smallest absolute Gasteiger partial charge is 0.299 e. The summed E-state index contributed by atoms with van der Waals surface area (Å²) in [6.45, 7) is 6.06. The molecule has 0 saturated heterocycles. The van der Waals surface area contributed by atoms with E-state index in [0.717, 1.165) is 6.42 Å². The van der Waals surface area contributed by atoms with E-state index in [4.69, 9.17) is 0 Å². The highest BCUT2D eigenvalue weighted by molar-refractivity contribution is 6.52. The predicted molar refractivity (Wildman–Crippen MR) is 67.3 cm³/mol. The molecule has 0 spiro atoms. The zero-order valence-electron chi connectivity index (χ0n) is 10.8. The predicted octanol–water partition coefficient (Wildman–Crippen LogP) is 2.71. The number of hydrogen-bond donors (Lipinski definition) is 0. The normalized spacial score (nSPS) is 16.1. The van der Waals surface area contributed by atoms with Gasteiger partial charge in [-0.05, 0) is 30.5 Å². The van der Waals surface area contributed by atoms with E-state index in [2.05, 4.69) is 0 Å². The minimum atomic E-state index is -0.616. The first kappa shape index (κ1) is 12.7. The fraction of sp³-hybridized carbons (Fsp3) is 0.429. The summed E-state index contributed by atoms with van der Waals surface area (Å²) < 4.78 is 14.0. The largest absolute Gasteiger partial charge is 0.302 e. The number of ketones is 1. The van der Waals surface area contributed by atoms with Gasteiger partial charge in [0.05, 0.1) is 11.3 Å². The first-order chi connectivity index (χ1) is 8.45. The van der Waals surface area contributed by atoms with Crippen molar-refractivity contribution < 1.29 is 14.0 Å². The molecule has 1 unspecified atom stereocenters. The third kappa shape index (κ3) is 1.92. The van der Waals surface area contributed by atoms with Crippen molar-refractivity contribution >= 4 is 17.4 Å². The molecule has 1 aromatic carbocycles. The van der Waals surface area contributed by atoms with E-state index in [1.165, 1.54) is 11.0 Å². The molecule has 4 heteroatoms. The average molecular weight is 249 g/mol. The molecule has 2 rings (SSSR count). The van der Waals surface area contributed by atoms with E-state index >= 15 is 0 Å². The minimum Gasteiger partial charge on any atom is -0.302 e. The van der Waals surface area contributed by atoms with Crippen molar-refractivity contribution in [3.05, 3.63) is 29.1 Å². The molecule has 0 N–H and O–H groups in total. The van der Waals surface area contributed by atoms with Gasteiger partial charge in [-0.25, -0.2) is 4.39 Å². The van der Waals surface area contributed by atoms with Crippen molar-refractivity contribution in [2.75, 3.05) is 11.4 Å². The van der Waals surface area contributed by atoms with Crippen LogP contribution in [0.1, 0.15) is 36.2 Å². The summed E-state index contributed by atoms with van der Waals surface area (Å²) in [5, 5.41) is 0. The standard InChI is InChI=1S/C14H16FNO2/c1-4-8(2)7-16-12-10(13(17)14(16)18)5-9(3)6-11(12)15/h5-6,8H,4,7H2,1-3H3. The van der Waals surface area contributed by atoms with Crippen molar-refractivity contribution in [2.24, 2.45) is 5.92 Å². The van der Waals surface area contributed by atoms with Gasteiger partial charge < -0.3 is 4.90 Å². The molecule has 1 amide bonds. The summed E-state index contributed by atoms with van der Waals surface area (Å²) in [6.07, 6.45) is 0.876. The zero-order valence-corrected chi connectivity index (χ0v) is 10.8. The average Bonchev–Trinajstić information content (AvgIpc) is 2.54. The molecular weight excluding hydrogens is 233 g/mol. The molecule has 1 atom stereocenters. The van der Waals surface area contributed by atoms with Crippen LogP contribution in [0.3, 0.4) is 0 Å². The van der Waals surface area contributed by atoms with Crippen molar-refractivity contribution in [1.29, 1.82) is 0 Å². The second-order valence-corrected chi connectivity index (χ2v) is 4.90. The Morgan fingerprint density at radius 1 is 1.33 bits per heavy atom. The first-order valence-electron chi connectivity index (χ1n) is 6.12. The second kappa shape index (κ2) is 4.52. The molecule has 0 fully saturated rings. The van der Waals surface area contributed by atoms with Gasteiger partial charge >= 0.3 is 0 Å². The Hall–Kier alpha value is -1.71. The lowest BCUT2D eigenvalue weighted by atomic mass is 10.1. The number of hydrogen-bond acceptors (Lipinski definition) is 2. The fourth-order valence-electron chi connectivity index (χ4n) is 2.14. The highest BCUT2D eigenvalue weighted by atomic mass is 19.1. The molecule has 1 aromatic rings. The van der Waals surface area contributed by atoms with Crippen LogP contribution in [0.15, 0.2) is 12.1 Å². The minimum absolute atomic E-state index is 0.149. The van der Waals surface area contributed by atoms with Crippen molar-refractivity contribution in [3.8, 4) is 0 Å². The summed E-state index contributed by atoms with van der Waals surface area (Å²) >= 11 is 0. The van der Waals surface area contributed by atoms with Gasteiger partial charge in [0, 0.05) is 6.54 Å². The van der Waals surface area contributed by atoms with Crippen LogP contribution >= 0.6 is 0 Å². The highest BCUT2D eigenvalue weighted by Gasteiger charge is 2.38. The summed E-state index contributed by atoms with van der Waals surface area (Å²) in [5.41, 5.74) is 0.995. The molecule has 0 aromatic heterocycles. The van der Waals surface area contributed by atoms with Gasteiger partial charge in [-0.2, -0.15) is 0 Å². The summed E-state index contributed by atoms with van der Waals surface area (Å²) in [6, 6.07) is 2.93. The van der Waals surface area contributed by atoms with E-state index in [-0.39, 0.29) is 17.2 Å². The number of carbonyl (C=O) groups is 2. The SMILES string of the molecule is CCC(C)CN1C(=O)C(=O)c2cc(C)cc(F)c21. The van der Waals surface area contributed by atoms with Gasteiger partial charge in [0.15, 0.2) is 0 Å². The Bertz CT molecular complexity index is 525. The summed E-state index contributed by atoms with van der Waals surface area (Å²) in [5.74, 6) is -1.48. The van der Waals surface area contributed by atoms with E-state index in [1.54, 1.807) is 13.0 Å². The molecule has 3 nitrogen and oxygen atoms in total. The van der Waals surface area contributed by atoms with Crippen LogP contribution in [0.25, 0.3) is 0 Å². The quantitative estimate of drug-likeness (QED) is 0.772. The Balaban J connectivity index is 2.48. The molecule has 0 bridgehead atoms. The molecule has 0 aliphatic carbocycles. The molecule has 0 saturated carbocycles. The molecular formula is C14H16FNO2. The number of aryl methyl sites for hydroxylation is 1. The summed E-state index contributed by atoms with van der Waals surface area (Å²) in [4.78, 5) is 25.0. The van der Waals surface area contributed by atoms with Crippen molar-refractivity contribution in [3.63, 3.8) is 0 Å². The number of Topliss-reactive ketones (excluding diaryl/α,β-unsaturated/α-hetero) is 1. The monoisotopic (exact) mass is 249 g/mol. The number of amides is 1. The Labute approximate surface area is 106 Å². The number of nitrogens with zero attached hydrogens (tertiary/aromatic N) is 1. The first-order valence-corrected chi connectivity index (χ1v) is 6.12. The van der Waals surface area contributed by atoms with E-state index in [0.29, 0.717) is 12.1 Å². The third-order valence-corrected chi connectivity index (χ3v) is 3.35. The van der Waals surface area contributed by atoms with Crippen LogP contribution in [0, 0.1) is 18.7 Å². The fourth-order valence-corrected chi connectivity index (χ4v) is 2.14. The molecule has 1 aliphatic rings. The Morgan fingerprint density at radius 2 is 2.00 bits per heavy atom. The zero-order chi connectivity index (χ0) is 13.4. The number of fused-ring (bicyclic) bond motifs is 1. The molecule has 18 heavy (non-hydrogen) atoms. The Morgan fingerprint density at radius 3 is 2.61 bits per heavy atom. The Kier molecular flexibility index (Phi) is 3.20. The third-order valence-electron chi connectivity index (χ3n) is 3.35. The lowest BCUT2D eigenvalue weighted by Gasteiger charge is -2.20. The number of benzene rings is 1. The number of rotatable bonds is 3. The van der Waals surface area contributed by atoms with E-state index < -0.39 is 17.5 Å². The summed E-state index contributed by atoms with van der Waals surface area (Å²) in [7, 11) is 0. The lowest BCUT2D eigenvalue weighted by Crippen LogP contribution is -2.33. The van der Waals surface area contributed by atoms with Crippen LogP contribution in [0.2, 0.25) is 0 Å². The van der Waals surface area contributed by atoms with E-state index in [1.807, 2.05) is 13.8 Å². The lowest BCUT2D eigenvalue weighted by molar-refractivity contribution is -0.114. The molecule has 96 valence electrons. The maximum atomic E-state index is 14.0. The number of anilines is 1. The maximum Gasteiger partial charge on any atom is 0.299 e. The van der Waals surface area contributed by atoms with Gasteiger partial charge in [-0.1, -0.05) is 20.3 Å². The maximum absolute atomic E-state index is 14.0. The second-order valence-electron chi connectivity index (χ2n) is 4.90. The molecule has 1 aliphatic heterocycles. The number of carbonyl (C=O) groups excluding carboxylic acids is 2. The van der Waals surface area contributed by atoms with Crippen LogP contribution < -0.4 is 4.90 Å². The molecule has 1 heterocycles. The number of halogens is 1. The van der Waals surface area contributed by atoms with Crippen molar-refractivity contribution in [2.45, 2.75) is 27.2 Å². The van der Waals surface area contributed by atoms with Gasteiger partial charge in [0.2, 0.25) is 0 Å².